The van der Waals surface area contributed by atoms with E-state index < -0.39 is 4.92 Å². The van der Waals surface area contributed by atoms with Gasteiger partial charge in [-0.15, -0.1) is 0 Å². The van der Waals surface area contributed by atoms with Crippen LogP contribution in [0.25, 0.3) is 10.9 Å². The molecule has 0 radical (unpaired) electrons. The molecule has 3 heterocycles. The molecule has 0 aliphatic carbocycles. The lowest BCUT2D eigenvalue weighted by molar-refractivity contribution is -0.383. The molecule has 28 heavy (non-hydrogen) atoms. The molecule has 1 aromatic carbocycles. The van der Waals surface area contributed by atoms with Crippen LogP contribution in [-0.4, -0.2) is 46.1 Å². The van der Waals surface area contributed by atoms with Gasteiger partial charge in [0.2, 0.25) is 11.6 Å². The number of aryl methyl sites for hydroxylation is 2. The number of rotatable bonds is 3. The molecule has 0 spiro atoms. The Morgan fingerprint density at radius 2 is 1.79 bits per heavy atom. The molecule has 0 atom stereocenters. The second-order valence-corrected chi connectivity index (χ2v) is 6.93. The highest BCUT2D eigenvalue weighted by molar-refractivity contribution is 5.86. The van der Waals surface area contributed by atoms with E-state index in [0.717, 1.165) is 22.3 Å². The van der Waals surface area contributed by atoms with E-state index in [1.54, 1.807) is 0 Å². The van der Waals surface area contributed by atoms with Gasteiger partial charge in [-0.25, -0.2) is 15.0 Å². The molecule has 144 valence electrons. The number of pyridine rings is 1. The van der Waals surface area contributed by atoms with Gasteiger partial charge < -0.3 is 15.5 Å². The van der Waals surface area contributed by atoms with Crippen LogP contribution >= 0.6 is 0 Å². The van der Waals surface area contributed by atoms with Crippen molar-refractivity contribution in [3.63, 3.8) is 0 Å². The maximum Gasteiger partial charge on any atom is 0.353 e. The molecule has 1 saturated heterocycles. The van der Waals surface area contributed by atoms with Gasteiger partial charge in [-0.1, -0.05) is 18.2 Å². The van der Waals surface area contributed by atoms with E-state index in [1.165, 1.54) is 11.9 Å². The van der Waals surface area contributed by atoms with Crippen molar-refractivity contribution in [2.45, 2.75) is 13.8 Å². The smallest absolute Gasteiger partial charge is 0.353 e. The zero-order valence-electron chi connectivity index (χ0n) is 15.8. The average Bonchev–Trinajstić information content (AvgIpc) is 2.68. The summed E-state index contributed by atoms with van der Waals surface area (Å²) in [5.41, 5.74) is 8.81. The standard InChI is InChI=1S/C19H21N7O2/c1-12-4-3-5-14-13(2)10-15(23-16(12)14)24-6-8-25(9-7-24)19-17(26(27)28)18(20)21-11-22-19/h3-5,10-11H,6-9H2,1-2H3,(H2,20,21,22). The monoisotopic (exact) mass is 379 g/mol. The molecule has 2 N–H and O–H groups in total. The number of anilines is 3. The summed E-state index contributed by atoms with van der Waals surface area (Å²) in [6, 6.07) is 8.30. The summed E-state index contributed by atoms with van der Waals surface area (Å²) >= 11 is 0. The van der Waals surface area contributed by atoms with Gasteiger partial charge in [-0.2, -0.15) is 0 Å². The first kappa shape index (κ1) is 17.9. The first-order valence-corrected chi connectivity index (χ1v) is 9.07. The lowest BCUT2D eigenvalue weighted by Crippen LogP contribution is -2.47. The molecule has 9 nitrogen and oxygen atoms in total. The fourth-order valence-corrected chi connectivity index (χ4v) is 3.64. The molecular formula is C19H21N7O2. The van der Waals surface area contributed by atoms with Gasteiger partial charge in [0, 0.05) is 31.6 Å². The SMILES string of the molecule is Cc1cc(N2CCN(c3ncnc(N)c3[N+](=O)[O-])CC2)nc2c(C)cccc12. The van der Waals surface area contributed by atoms with E-state index in [-0.39, 0.29) is 17.3 Å². The Kier molecular flexibility index (Phi) is 4.42. The number of para-hydroxylation sites is 1. The zero-order valence-corrected chi connectivity index (χ0v) is 15.8. The third kappa shape index (κ3) is 3.04. The minimum atomic E-state index is -0.520. The quantitative estimate of drug-likeness (QED) is 0.545. The molecule has 0 bridgehead atoms. The number of aromatic nitrogens is 3. The molecule has 1 aliphatic heterocycles. The number of benzene rings is 1. The van der Waals surface area contributed by atoms with Crippen molar-refractivity contribution in [1.29, 1.82) is 0 Å². The van der Waals surface area contributed by atoms with Gasteiger partial charge >= 0.3 is 5.69 Å². The summed E-state index contributed by atoms with van der Waals surface area (Å²) < 4.78 is 0. The maximum atomic E-state index is 11.4. The maximum absolute atomic E-state index is 11.4. The molecule has 2 aromatic heterocycles. The number of nitrogens with zero attached hydrogens (tertiary/aromatic N) is 6. The fourth-order valence-electron chi connectivity index (χ4n) is 3.64. The van der Waals surface area contributed by atoms with Crippen LogP contribution in [0.2, 0.25) is 0 Å². The normalized spacial score (nSPS) is 14.5. The first-order chi connectivity index (χ1) is 13.5. The van der Waals surface area contributed by atoms with Gasteiger partial charge in [-0.3, -0.25) is 10.1 Å². The van der Waals surface area contributed by atoms with Gasteiger partial charge in [0.05, 0.1) is 10.4 Å². The van der Waals surface area contributed by atoms with E-state index in [4.69, 9.17) is 10.7 Å². The molecule has 3 aromatic rings. The molecule has 0 saturated carbocycles. The van der Waals surface area contributed by atoms with Crippen LogP contribution in [0.3, 0.4) is 0 Å². The third-order valence-electron chi connectivity index (χ3n) is 5.15. The predicted molar refractivity (Wildman–Crippen MR) is 109 cm³/mol. The van der Waals surface area contributed by atoms with Crippen LogP contribution in [0.4, 0.5) is 23.1 Å². The van der Waals surface area contributed by atoms with Crippen molar-refractivity contribution in [3.8, 4) is 0 Å². The van der Waals surface area contributed by atoms with Crippen molar-refractivity contribution in [1.82, 2.24) is 15.0 Å². The second-order valence-electron chi connectivity index (χ2n) is 6.93. The van der Waals surface area contributed by atoms with Crippen LogP contribution < -0.4 is 15.5 Å². The molecule has 1 fully saturated rings. The largest absolute Gasteiger partial charge is 0.378 e. The minimum Gasteiger partial charge on any atom is -0.378 e. The first-order valence-electron chi connectivity index (χ1n) is 9.07. The van der Waals surface area contributed by atoms with Crippen LogP contribution in [0.1, 0.15) is 11.1 Å². The van der Waals surface area contributed by atoms with E-state index in [1.807, 2.05) is 11.0 Å². The highest BCUT2D eigenvalue weighted by Gasteiger charge is 2.28. The zero-order chi connectivity index (χ0) is 19.8. The molecule has 0 amide bonds. The number of nitrogens with two attached hydrogens (primary N) is 1. The summed E-state index contributed by atoms with van der Waals surface area (Å²) in [6.45, 7) is 6.70. The number of hydrogen-bond donors (Lipinski definition) is 1. The summed E-state index contributed by atoms with van der Waals surface area (Å²) in [5, 5.41) is 12.5. The number of piperazine rings is 1. The molecule has 0 unspecified atom stereocenters. The Labute approximate surface area is 162 Å². The Morgan fingerprint density at radius 3 is 2.50 bits per heavy atom. The Balaban J connectivity index is 1.59. The molecule has 1 aliphatic rings. The van der Waals surface area contributed by atoms with Crippen LogP contribution in [-0.2, 0) is 0 Å². The van der Waals surface area contributed by atoms with Crippen LogP contribution in [0.5, 0.6) is 0 Å². The van der Waals surface area contributed by atoms with Gasteiger partial charge in [0.25, 0.3) is 0 Å². The van der Waals surface area contributed by atoms with E-state index in [2.05, 4.69) is 46.9 Å². The van der Waals surface area contributed by atoms with Gasteiger partial charge in [-0.05, 0) is 31.0 Å². The van der Waals surface area contributed by atoms with E-state index in [9.17, 15) is 10.1 Å². The summed E-state index contributed by atoms with van der Waals surface area (Å²) in [6.07, 6.45) is 1.26. The Bertz CT molecular complexity index is 1060. The predicted octanol–water partition coefficient (Wildman–Crippen LogP) is 2.46. The lowest BCUT2D eigenvalue weighted by Gasteiger charge is -2.36. The van der Waals surface area contributed by atoms with E-state index >= 15 is 0 Å². The number of fused-ring (bicyclic) bond motifs is 1. The highest BCUT2D eigenvalue weighted by atomic mass is 16.6. The van der Waals surface area contributed by atoms with E-state index in [0.29, 0.717) is 26.2 Å². The summed E-state index contributed by atoms with van der Waals surface area (Å²) in [5.74, 6) is 1.09. The van der Waals surface area contributed by atoms with Crippen molar-refractivity contribution in [2.24, 2.45) is 0 Å². The van der Waals surface area contributed by atoms with Gasteiger partial charge in [0.1, 0.15) is 12.1 Å². The van der Waals surface area contributed by atoms with Crippen LogP contribution in [0.15, 0.2) is 30.6 Å². The number of nitro groups is 1. The Hall–Kier alpha value is -3.49. The summed E-state index contributed by atoms with van der Waals surface area (Å²) in [7, 11) is 0. The topological polar surface area (TPSA) is 114 Å². The number of hydrogen-bond acceptors (Lipinski definition) is 8. The highest BCUT2D eigenvalue weighted by Crippen LogP contribution is 2.31. The van der Waals surface area contributed by atoms with Crippen molar-refractivity contribution < 1.29 is 4.92 Å². The molecule has 4 rings (SSSR count). The average molecular weight is 379 g/mol. The van der Waals surface area contributed by atoms with Crippen molar-refractivity contribution >= 4 is 34.0 Å². The third-order valence-corrected chi connectivity index (χ3v) is 5.15. The van der Waals surface area contributed by atoms with Crippen molar-refractivity contribution in [2.75, 3.05) is 41.7 Å². The fraction of sp³-hybridized carbons (Fsp3) is 0.316. The van der Waals surface area contributed by atoms with Gasteiger partial charge in [0.15, 0.2) is 0 Å². The molecular weight excluding hydrogens is 358 g/mol. The molecule has 9 heteroatoms. The summed E-state index contributed by atoms with van der Waals surface area (Å²) in [4.78, 5) is 27.6. The van der Waals surface area contributed by atoms with Crippen LogP contribution in [0, 0.1) is 24.0 Å². The second kappa shape index (κ2) is 6.91. The number of nitrogen functional groups attached to an aromatic ring is 1. The van der Waals surface area contributed by atoms with Crippen molar-refractivity contribution in [3.05, 3.63) is 51.8 Å². The minimum absolute atomic E-state index is 0.111. The lowest BCUT2D eigenvalue weighted by atomic mass is 10.1. The Morgan fingerprint density at radius 1 is 1.07 bits per heavy atom.